The van der Waals surface area contributed by atoms with E-state index in [4.69, 9.17) is 0 Å². The fourth-order valence-electron chi connectivity index (χ4n) is 7.55. The predicted octanol–water partition coefficient (Wildman–Crippen LogP) is 14.7. The van der Waals surface area contributed by atoms with Gasteiger partial charge in [-0.1, -0.05) is 231 Å². The number of amides is 1. The number of aliphatic hydroxyl groups is 1. The molecule has 2 unspecified atom stereocenters. The van der Waals surface area contributed by atoms with Crippen molar-refractivity contribution in [3.63, 3.8) is 0 Å². The number of allylic oxidation sites excluding steroid dienone is 4. The van der Waals surface area contributed by atoms with Gasteiger partial charge in [-0.2, -0.15) is 8.42 Å². The molecule has 0 aromatic heterocycles. The Bertz CT molecular complexity index is 965. The molecule has 2 atom stereocenters. The maximum absolute atomic E-state index is 12.6. The Morgan fingerprint density at radius 3 is 1.18 bits per heavy atom. The lowest BCUT2D eigenvalue weighted by molar-refractivity contribution is -0.122. The minimum Gasteiger partial charge on any atom is -0.391 e. The minimum atomic E-state index is -4.31. The summed E-state index contributed by atoms with van der Waals surface area (Å²) in [6, 6.07) is -0.970. The van der Waals surface area contributed by atoms with E-state index in [9.17, 15) is 22.9 Å². The summed E-state index contributed by atoms with van der Waals surface area (Å²) < 4.78 is 32.7. The second-order valence-electron chi connectivity index (χ2n) is 16.7. The molecule has 0 spiro atoms. The van der Waals surface area contributed by atoms with Crippen molar-refractivity contribution in [3.05, 3.63) is 24.3 Å². The quantitative estimate of drug-likeness (QED) is 0.0324. The van der Waals surface area contributed by atoms with Gasteiger partial charge in [-0.3, -0.25) is 9.35 Å². The van der Waals surface area contributed by atoms with E-state index >= 15 is 0 Å². The summed E-state index contributed by atoms with van der Waals surface area (Å²) in [5.74, 6) is -0.890. The highest BCUT2D eigenvalue weighted by molar-refractivity contribution is 7.85. The number of aliphatic hydroxyl groups excluding tert-OH is 1. The smallest absolute Gasteiger partial charge is 0.266 e. The van der Waals surface area contributed by atoms with Gasteiger partial charge in [0.2, 0.25) is 5.91 Å². The van der Waals surface area contributed by atoms with E-state index in [0.717, 1.165) is 44.9 Å². The molecule has 0 fully saturated rings. The molecule has 0 aliphatic rings. The monoisotopic (exact) mass is 796 g/mol. The van der Waals surface area contributed by atoms with E-state index in [1.807, 2.05) is 0 Å². The molecule has 0 radical (unpaired) electrons. The average Bonchev–Trinajstić information content (AvgIpc) is 3.15. The van der Waals surface area contributed by atoms with Crippen molar-refractivity contribution in [3.8, 4) is 0 Å². The Hall–Kier alpha value is -1.18. The lowest BCUT2D eigenvalue weighted by Gasteiger charge is -2.23. The molecule has 55 heavy (non-hydrogen) atoms. The van der Waals surface area contributed by atoms with Crippen LogP contribution in [-0.2, 0) is 14.9 Å². The van der Waals surface area contributed by atoms with Gasteiger partial charge in [0.05, 0.1) is 17.9 Å². The highest BCUT2D eigenvalue weighted by Gasteiger charge is 2.26. The number of rotatable bonds is 44. The molecular weight excluding hydrogens is 703 g/mol. The number of carbonyl (C=O) groups is 1. The normalized spacial score (nSPS) is 13.3. The predicted molar refractivity (Wildman–Crippen MR) is 239 cm³/mol. The molecule has 0 aromatic carbocycles. The lowest BCUT2D eigenvalue weighted by atomic mass is 10.0. The highest BCUT2D eigenvalue weighted by atomic mass is 32.2. The van der Waals surface area contributed by atoms with Gasteiger partial charge >= 0.3 is 0 Å². The summed E-state index contributed by atoms with van der Waals surface area (Å²) in [6.45, 7) is 4.54. The summed E-state index contributed by atoms with van der Waals surface area (Å²) in [7, 11) is -4.31. The van der Waals surface area contributed by atoms with Crippen molar-refractivity contribution in [2.75, 3.05) is 5.75 Å². The van der Waals surface area contributed by atoms with E-state index in [0.29, 0.717) is 12.8 Å². The Morgan fingerprint density at radius 1 is 0.491 bits per heavy atom. The van der Waals surface area contributed by atoms with Gasteiger partial charge in [-0.15, -0.1) is 0 Å². The first-order chi connectivity index (χ1) is 26.8. The second kappa shape index (κ2) is 42.4. The molecule has 0 saturated carbocycles. The van der Waals surface area contributed by atoms with Crippen molar-refractivity contribution in [2.24, 2.45) is 0 Å². The zero-order valence-corrected chi connectivity index (χ0v) is 37.4. The maximum Gasteiger partial charge on any atom is 0.266 e. The van der Waals surface area contributed by atoms with Crippen molar-refractivity contribution in [2.45, 2.75) is 270 Å². The van der Waals surface area contributed by atoms with Gasteiger partial charge in [0.1, 0.15) is 0 Å². The van der Waals surface area contributed by atoms with Crippen LogP contribution in [0.1, 0.15) is 258 Å². The zero-order chi connectivity index (χ0) is 40.3. The standard InChI is InChI=1S/C48H93NO5S/c1-3-5-7-9-11-13-15-17-19-21-22-23-24-25-26-28-30-32-34-36-38-40-42-44-48(51)49-46(45-55(52,53)54)47(50)43-41-39-37-35-33-31-29-27-20-18-16-14-12-10-8-6-4-2/h15,17,21-22,46-47,50H,3-14,16,18-20,23-45H2,1-2H3,(H,49,51)(H,52,53,54)/b17-15-,22-21-. The summed E-state index contributed by atoms with van der Waals surface area (Å²) in [5.41, 5.74) is 0. The summed E-state index contributed by atoms with van der Waals surface area (Å²) >= 11 is 0. The van der Waals surface area contributed by atoms with Gasteiger partial charge in [0.15, 0.2) is 0 Å². The molecule has 6 nitrogen and oxygen atoms in total. The molecule has 7 heteroatoms. The third-order valence-corrected chi connectivity index (χ3v) is 11.9. The number of carbonyl (C=O) groups excluding carboxylic acids is 1. The van der Waals surface area contributed by atoms with Crippen LogP contribution in [0.15, 0.2) is 24.3 Å². The van der Waals surface area contributed by atoms with Gasteiger partial charge < -0.3 is 10.4 Å². The van der Waals surface area contributed by atoms with Crippen LogP contribution in [0.4, 0.5) is 0 Å². The average molecular weight is 796 g/mol. The maximum atomic E-state index is 12.6. The summed E-state index contributed by atoms with van der Waals surface area (Å²) in [6.07, 6.45) is 54.2. The SMILES string of the molecule is CCCCCCC/C=C\C/C=C\CCCCCCCCCCCCCC(=O)NC(CS(=O)(=O)O)C(O)CCCCCCCCCCCCCCCCCCC. The number of nitrogens with one attached hydrogen (secondary N) is 1. The van der Waals surface area contributed by atoms with Gasteiger partial charge in [-0.25, -0.2) is 0 Å². The number of hydrogen-bond acceptors (Lipinski definition) is 4. The molecule has 326 valence electrons. The van der Waals surface area contributed by atoms with Gasteiger partial charge in [0.25, 0.3) is 10.1 Å². The topological polar surface area (TPSA) is 104 Å². The molecule has 0 rings (SSSR count). The van der Waals surface area contributed by atoms with E-state index in [-0.39, 0.29) is 5.91 Å². The summed E-state index contributed by atoms with van der Waals surface area (Å²) in [4.78, 5) is 12.6. The summed E-state index contributed by atoms with van der Waals surface area (Å²) in [5, 5.41) is 13.4. The first kappa shape index (κ1) is 53.8. The fraction of sp³-hybridized carbons (Fsp3) is 0.896. The Labute approximate surface area is 343 Å². The molecule has 0 aromatic rings. The Morgan fingerprint density at radius 2 is 0.818 bits per heavy atom. The van der Waals surface area contributed by atoms with Gasteiger partial charge in [-0.05, 0) is 44.9 Å². The molecule has 0 heterocycles. The molecule has 0 bridgehead atoms. The van der Waals surface area contributed by atoms with Gasteiger partial charge in [0, 0.05) is 6.42 Å². The first-order valence-electron chi connectivity index (χ1n) is 24.0. The lowest BCUT2D eigenvalue weighted by Crippen LogP contribution is -2.47. The van der Waals surface area contributed by atoms with Crippen LogP contribution in [0.2, 0.25) is 0 Å². The number of hydrogen-bond donors (Lipinski definition) is 3. The molecular formula is C48H93NO5S. The van der Waals surface area contributed by atoms with E-state index in [1.54, 1.807) is 0 Å². The van der Waals surface area contributed by atoms with Crippen LogP contribution in [0.3, 0.4) is 0 Å². The van der Waals surface area contributed by atoms with Crippen LogP contribution in [-0.4, -0.2) is 41.9 Å². The fourth-order valence-corrected chi connectivity index (χ4v) is 8.30. The molecule has 0 saturated heterocycles. The van der Waals surface area contributed by atoms with E-state index in [1.165, 1.54) is 186 Å². The van der Waals surface area contributed by atoms with Crippen LogP contribution < -0.4 is 5.32 Å². The molecule has 0 aliphatic heterocycles. The third-order valence-electron chi connectivity index (χ3n) is 11.2. The van der Waals surface area contributed by atoms with Crippen molar-refractivity contribution in [1.82, 2.24) is 5.32 Å². The Kier molecular flexibility index (Phi) is 41.5. The van der Waals surface area contributed by atoms with Crippen LogP contribution in [0.25, 0.3) is 0 Å². The number of unbranched alkanes of at least 4 members (excludes halogenated alkanes) is 32. The second-order valence-corrected chi connectivity index (χ2v) is 18.2. The largest absolute Gasteiger partial charge is 0.391 e. The van der Waals surface area contributed by atoms with Crippen LogP contribution in [0, 0.1) is 0 Å². The molecule has 1 amide bonds. The molecule has 0 aliphatic carbocycles. The Balaban J connectivity index is 3.76. The zero-order valence-electron chi connectivity index (χ0n) is 36.6. The van der Waals surface area contributed by atoms with E-state index in [2.05, 4.69) is 43.5 Å². The van der Waals surface area contributed by atoms with Crippen molar-refractivity contribution < 1.29 is 22.9 Å². The first-order valence-corrected chi connectivity index (χ1v) is 25.6. The van der Waals surface area contributed by atoms with Crippen LogP contribution >= 0.6 is 0 Å². The van der Waals surface area contributed by atoms with Crippen molar-refractivity contribution in [1.29, 1.82) is 0 Å². The van der Waals surface area contributed by atoms with Crippen molar-refractivity contribution >= 4 is 16.0 Å². The molecule has 3 N–H and O–H groups in total. The van der Waals surface area contributed by atoms with E-state index < -0.39 is 28.0 Å². The third kappa shape index (κ3) is 43.8. The highest BCUT2D eigenvalue weighted by Crippen LogP contribution is 2.17. The van der Waals surface area contributed by atoms with Crippen LogP contribution in [0.5, 0.6) is 0 Å². The minimum absolute atomic E-state index is 0.245.